The van der Waals surface area contributed by atoms with Gasteiger partial charge in [0.1, 0.15) is 12.6 Å². The minimum atomic E-state index is -0.831. The third kappa shape index (κ3) is 3.53. The van der Waals surface area contributed by atoms with Gasteiger partial charge in [-0.25, -0.2) is 4.79 Å². The number of hydrogen-bond donors (Lipinski definition) is 1. The highest BCUT2D eigenvalue weighted by molar-refractivity contribution is 5.85. The smallest absolute Gasteiger partial charge is 0.347 e. The van der Waals surface area contributed by atoms with E-state index in [0.717, 1.165) is 17.8 Å². The molecule has 0 spiro atoms. The topological polar surface area (TPSA) is 81.7 Å². The zero-order valence-corrected chi connectivity index (χ0v) is 14.8. The fraction of sp³-hybridized carbons (Fsp3) is 0.842. The summed E-state index contributed by atoms with van der Waals surface area (Å²) in [5.74, 6) is 1.27. The van der Waals surface area contributed by atoms with Gasteiger partial charge in [0.2, 0.25) is 12.0 Å². The zero-order valence-electron chi connectivity index (χ0n) is 14.8. The Labute approximate surface area is 148 Å². The minimum absolute atomic E-state index is 0.0683. The fourth-order valence-electron chi connectivity index (χ4n) is 6.10. The summed E-state index contributed by atoms with van der Waals surface area (Å²) in [5, 5.41) is 2.69. The summed E-state index contributed by atoms with van der Waals surface area (Å²) in [7, 11) is 0. The summed E-state index contributed by atoms with van der Waals surface area (Å²) < 4.78 is 10.1. The first-order valence-electron chi connectivity index (χ1n) is 9.57. The molecule has 5 aliphatic rings. The Bertz CT molecular complexity index is 551. The molecule has 138 valence electrons. The van der Waals surface area contributed by atoms with Gasteiger partial charge in [0.05, 0.1) is 0 Å². The van der Waals surface area contributed by atoms with Crippen molar-refractivity contribution < 1.29 is 23.9 Å². The van der Waals surface area contributed by atoms with Crippen LogP contribution in [-0.2, 0) is 23.9 Å². The first kappa shape index (κ1) is 16.9. The number of amides is 1. The number of cyclic esters (lactones) is 1. The maximum atomic E-state index is 12.4. The van der Waals surface area contributed by atoms with Crippen molar-refractivity contribution in [2.75, 3.05) is 6.54 Å². The summed E-state index contributed by atoms with van der Waals surface area (Å²) in [6.45, 7) is 1.59. The van der Waals surface area contributed by atoms with E-state index in [-0.39, 0.29) is 24.0 Å². The molecule has 5 rings (SSSR count). The predicted molar refractivity (Wildman–Crippen MR) is 88.3 cm³/mol. The Morgan fingerprint density at radius 3 is 2.24 bits per heavy atom. The summed E-state index contributed by atoms with van der Waals surface area (Å²) in [5.41, 5.74) is 0.160. The van der Waals surface area contributed by atoms with Gasteiger partial charge in [-0.05, 0) is 68.6 Å². The molecule has 0 aromatic heterocycles. The average molecular weight is 349 g/mol. The van der Waals surface area contributed by atoms with E-state index in [1.807, 2.05) is 0 Å². The first-order chi connectivity index (χ1) is 11.9. The van der Waals surface area contributed by atoms with E-state index in [1.165, 1.54) is 38.5 Å². The first-order valence-corrected chi connectivity index (χ1v) is 9.57. The van der Waals surface area contributed by atoms with E-state index < -0.39 is 18.0 Å². The second kappa shape index (κ2) is 6.29. The van der Waals surface area contributed by atoms with Crippen LogP contribution in [0.15, 0.2) is 0 Å². The fourth-order valence-corrected chi connectivity index (χ4v) is 6.10. The van der Waals surface area contributed by atoms with Crippen molar-refractivity contribution in [2.24, 2.45) is 23.2 Å². The Hall–Kier alpha value is -1.59. The molecule has 1 aliphatic heterocycles. The molecule has 0 radical (unpaired) electrons. The van der Waals surface area contributed by atoms with Gasteiger partial charge in [-0.1, -0.05) is 0 Å². The summed E-state index contributed by atoms with van der Waals surface area (Å²) in [6, 6.07) is 0. The van der Waals surface area contributed by atoms with E-state index in [4.69, 9.17) is 9.47 Å². The van der Waals surface area contributed by atoms with Crippen molar-refractivity contribution in [2.45, 2.75) is 70.5 Å². The van der Waals surface area contributed by atoms with Crippen LogP contribution in [0.5, 0.6) is 0 Å². The van der Waals surface area contributed by atoms with Crippen LogP contribution in [0.1, 0.15) is 58.3 Å². The number of esters is 2. The molecule has 0 unspecified atom stereocenters. The third-order valence-electron chi connectivity index (χ3n) is 6.53. The lowest BCUT2D eigenvalue weighted by molar-refractivity contribution is -0.160. The van der Waals surface area contributed by atoms with Gasteiger partial charge in [0.25, 0.3) is 0 Å². The molecule has 5 fully saturated rings. The van der Waals surface area contributed by atoms with Gasteiger partial charge in [-0.3, -0.25) is 9.59 Å². The molecular weight excluding hydrogens is 322 g/mol. The molecule has 4 saturated carbocycles. The number of nitrogens with one attached hydrogen (secondary N) is 1. The number of carbonyl (C=O) groups excluding carboxylic acids is 3. The van der Waals surface area contributed by atoms with Gasteiger partial charge in [-0.15, -0.1) is 0 Å². The molecule has 25 heavy (non-hydrogen) atoms. The molecular formula is C19H27NO5. The molecule has 0 aromatic rings. The molecule has 6 nitrogen and oxygen atoms in total. The largest absolute Gasteiger partial charge is 0.460 e. The second-order valence-corrected chi connectivity index (χ2v) is 8.83. The second-order valence-electron chi connectivity index (χ2n) is 8.83. The van der Waals surface area contributed by atoms with E-state index in [0.29, 0.717) is 12.8 Å². The van der Waals surface area contributed by atoms with Crippen molar-refractivity contribution in [3.63, 3.8) is 0 Å². The number of carbonyl (C=O) groups is 3. The lowest BCUT2D eigenvalue weighted by Gasteiger charge is -2.56. The average Bonchev–Trinajstić information content (AvgIpc) is 2.81. The van der Waals surface area contributed by atoms with Crippen molar-refractivity contribution >= 4 is 17.8 Å². The molecule has 6 heteroatoms. The molecule has 1 saturated heterocycles. The van der Waals surface area contributed by atoms with Gasteiger partial charge < -0.3 is 14.8 Å². The van der Waals surface area contributed by atoms with Crippen LogP contribution in [0.25, 0.3) is 0 Å². The number of rotatable bonds is 5. The van der Waals surface area contributed by atoms with Crippen LogP contribution < -0.4 is 5.32 Å². The predicted octanol–water partition coefficient (Wildman–Crippen LogP) is 1.96. The van der Waals surface area contributed by atoms with Crippen molar-refractivity contribution in [3.05, 3.63) is 0 Å². The van der Waals surface area contributed by atoms with E-state index >= 15 is 0 Å². The van der Waals surface area contributed by atoms with Crippen LogP contribution in [0.3, 0.4) is 0 Å². The Morgan fingerprint density at radius 2 is 1.72 bits per heavy atom. The highest BCUT2D eigenvalue weighted by Gasteiger charge is 2.51. The standard InChI is InChI=1S/C19H27NO5/c1-11-2-15(18(23)24-11)25-17(22)10-20-16(21)9-19-6-12-3-13(7-19)5-14(4-12)8-19/h11-15H,2-10H2,1H3,(H,20,21)/t11-,12?,13?,14?,15-,19?/m0/s1. The van der Waals surface area contributed by atoms with Crippen LogP contribution >= 0.6 is 0 Å². The van der Waals surface area contributed by atoms with Gasteiger partial charge in [0, 0.05) is 12.8 Å². The zero-order chi connectivity index (χ0) is 17.6. The van der Waals surface area contributed by atoms with Crippen LogP contribution in [0.4, 0.5) is 0 Å². The number of hydrogen-bond acceptors (Lipinski definition) is 5. The van der Waals surface area contributed by atoms with Crippen LogP contribution in [-0.4, -0.2) is 36.6 Å². The number of ether oxygens (including phenoxy) is 2. The van der Waals surface area contributed by atoms with Crippen molar-refractivity contribution in [1.82, 2.24) is 5.32 Å². The molecule has 2 atom stereocenters. The highest BCUT2D eigenvalue weighted by atomic mass is 16.6. The minimum Gasteiger partial charge on any atom is -0.460 e. The maximum absolute atomic E-state index is 12.4. The monoisotopic (exact) mass is 349 g/mol. The quantitative estimate of drug-likeness (QED) is 0.767. The Balaban J connectivity index is 1.24. The van der Waals surface area contributed by atoms with Crippen molar-refractivity contribution in [1.29, 1.82) is 0 Å². The lowest BCUT2D eigenvalue weighted by atomic mass is 9.49. The molecule has 4 bridgehead atoms. The lowest BCUT2D eigenvalue weighted by Crippen LogP contribution is -2.48. The van der Waals surface area contributed by atoms with E-state index in [2.05, 4.69) is 5.32 Å². The molecule has 4 aliphatic carbocycles. The molecule has 0 aromatic carbocycles. The van der Waals surface area contributed by atoms with Gasteiger partial charge in [-0.2, -0.15) is 0 Å². The molecule has 1 N–H and O–H groups in total. The van der Waals surface area contributed by atoms with E-state index in [9.17, 15) is 14.4 Å². The highest BCUT2D eigenvalue weighted by Crippen LogP contribution is 2.61. The molecule has 1 heterocycles. The van der Waals surface area contributed by atoms with E-state index in [1.54, 1.807) is 6.92 Å². The van der Waals surface area contributed by atoms with Gasteiger partial charge >= 0.3 is 11.9 Å². The maximum Gasteiger partial charge on any atom is 0.347 e. The third-order valence-corrected chi connectivity index (χ3v) is 6.53. The Kier molecular flexibility index (Phi) is 4.24. The summed E-state index contributed by atoms with van der Waals surface area (Å²) in [4.78, 5) is 35.7. The van der Waals surface area contributed by atoms with Crippen LogP contribution in [0.2, 0.25) is 0 Å². The Morgan fingerprint density at radius 1 is 1.12 bits per heavy atom. The molecule has 1 amide bonds. The van der Waals surface area contributed by atoms with Crippen LogP contribution in [0, 0.1) is 23.2 Å². The van der Waals surface area contributed by atoms with Gasteiger partial charge in [0.15, 0.2) is 0 Å². The van der Waals surface area contributed by atoms with Crippen molar-refractivity contribution in [3.8, 4) is 0 Å². The summed E-state index contributed by atoms with van der Waals surface area (Å²) in [6.07, 6.45) is 7.40. The SMILES string of the molecule is C[C@H]1C[C@H](OC(=O)CNC(=O)CC23CC4CC(CC(C4)C2)C3)C(=O)O1. The normalized spacial score (nSPS) is 41.5. The summed E-state index contributed by atoms with van der Waals surface area (Å²) >= 11 is 0.